The summed E-state index contributed by atoms with van der Waals surface area (Å²) in [4.78, 5) is 1.99. The van der Waals surface area contributed by atoms with Gasteiger partial charge in [-0.05, 0) is 18.8 Å². The molecule has 1 saturated heterocycles. The summed E-state index contributed by atoms with van der Waals surface area (Å²) in [5.74, 6) is 1.37. The van der Waals surface area contributed by atoms with Gasteiger partial charge in [-0.3, -0.25) is 0 Å². The number of alkyl halides is 1. The molecule has 1 fully saturated rings. The number of anilines is 1. The molecule has 16 heavy (non-hydrogen) atoms. The normalized spacial score (nSPS) is 17.6. The number of halogens is 1. The van der Waals surface area contributed by atoms with Crippen LogP contribution in [0, 0.1) is 5.92 Å². The molecular formula is C10H16ClN3O2. The zero-order valence-corrected chi connectivity index (χ0v) is 10.1. The second-order valence-electron chi connectivity index (χ2n) is 4.05. The summed E-state index contributed by atoms with van der Waals surface area (Å²) < 4.78 is 10.7. The van der Waals surface area contributed by atoms with Gasteiger partial charge in [-0.2, -0.15) is 0 Å². The molecule has 0 aliphatic carbocycles. The molecule has 5 nitrogen and oxygen atoms in total. The average molecular weight is 246 g/mol. The predicted octanol–water partition coefficient (Wildman–Crippen LogP) is 1.67. The van der Waals surface area contributed by atoms with E-state index in [-0.39, 0.29) is 5.88 Å². The zero-order chi connectivity index (χ0) is 11.4. The summed E-state index contributed by atoms with van der Waals surface area (Å²) in [7, 11) is 1.96. The van der Waals surface area contributed by atoms with Crippen LogP contribution in [0.1, 0.15) is 18.7 Å². The van der Waals surface area contributed by atoms with Gasteiger partial charge in [0.1, 0.15) is 5.88 Å². The maximum absolute atomic E-state index is 5.61. The Morgan fingerprint density at radius 1 is 1.38 bits per heavy atom. The summed E-state index contributed by atoms with van der Waals surface area (Å²) in [5, 5.41) is 7.78. The molecule has 1 aliphatic rings. The van der Waals surface area contributed by atoms with Gasteiger partial charge in [0, 0.05) is 26.8 Å². The average Bonchev–Trinajstić information content (AvgIpc) is 2.79. The van der Waals surface area contributed by atoms with Gasteiger partial charge in [-0.1, -0.05) is 5.10 Å². The van der Waals surface area contributed by atoms with E-state index >= 15 is 0 Å². The van der Waals surface area contributed by atoms with Gasteiger partial charge in [0.25, 0.3) is 0 Å². The first-order valence-corrected chi connectivity index (χ1v) is 6.00. The maximum Gasteiger partial charge on any atom is 0.317 e. The molecule has 2 rings (SSSR count). The molecule has 0 spiro atoms. The molecule has 1 aromatic heterocycles. The van der Waals surface area contributed by atoms with Crippen molar-refractivity contribution in [2.75, 3.05) is 31.7 Å². The Labute approximate surface area is 99.7 Å². The van der Waals surface area contributed by atoms with Crippen LogP contribution in [0.3, 0.4) is 0 Å². The van der Waals surface area contributed by atoms with Gasteiger partial charge in [0.2, 0.25) is 5.89 Å². The van der Waals surface area contributed by atoms with E-state index in [0.29, 0.717) is 17.8 Å². The van der Waals surface area contributed by atoms with Crippen LogP contribution in [-0.2, 0) is 10.6 Å². The van der Waals surface area contributed by atoms with Crippen molar-refractivity contribution in [1.29, 1.82) is 0 Å². The summed E-state index contributed by atoms with van der Waals surface area (Å²) in [6, 6.07) is 0.544. The second-order valence-corrected chi connectivity index (χ2v) is 4.32. The van der Waals surface area contributed by atoms with Crippen molar-refractivity contribution in [3.05, 3.63) is 5.89 Å². The minimum Gasteiger partial charge on any atom is -0.407 e. The first-order chi connectivity index (χ1) is 7.79. The zero-order valence-electron chi connectivity index (χ0n) is 9.36. The number of nitrogens with zero attached hydrogens (tertiary/aromatic N) is 3. The van der Waals surface area contributed by atoms with Gasteiger partial charge in [-0.25, -0.2) is 0 Å². The third-order valence-electron chi connectivity index (χ3n) is 2.77. The Morgan fingerprint density at radius 2 is 2.12 bits per heavy atom. The molecule has 0 radical (unpaired) electrons. The van der Waals surface area contributed by atoms with E-state index in [2.05, 4.69) is 10.2 Å². The maximum atomic E-state index is 5.61. The highest BCUT2D eigenvalue weighted by Gasteiger charge is 2.18. The number of hydrogen-bond acceptors (Lipinski definition) is 5. The summed E-state index contributed by atoms with van der Waals surface area (Å²) in [5.41, 5.74) is 0. The van der Waals surface area contributed by atoms with Crippen LogP contribution in [0.2, 0.25) is 0 Å². The highest BCUT2D eigenvalue weighted by atomic mass is 35.5. The molecule has 0 amide bonds. The molecule has 0 aromatic carbocycles. The molecule has 0 N–H and O–H groups in total. The van der Waals surface area contributed by atoms with Crippen molar-refractivity contribution < 1.29 is 9.15 Å². The van der Waals surface area contributed by atoms with Gasteiger partial charge in [0.05, 0.1) is 0 Å². The Morgan fingerprint density at radius 3 is 2.75 bits per heavy atom. The lowest BCUT2D eigenvalue weighted by molar-refractivity contribution is 0.0682. The van der Waals surface area contributed by atoms with Crippen LogP contribution in [0.25, 0.3) is 0 Å². The fraction of sp³-hybridized carbons (Fsp3) is 0.800. The van der Waals surface area contributed by atoms with E-state index in [4.69, 9.17) is 20.8 Å². The van der Waals surface area contributed by atoms with Crippen LogP contribution in [0.15, 0.2) is 4.42 Å². The lowest BCUT2D eigenvalue weighted by Crippen LogP contribution is -2.29. The van der Waals surface area contributed by atoms with E-state index in [1.807, 2.05) is 11.9 Å². The molecule has 0 saturated carbocycles. The number of hydrogen-bond donors (Lipinski definition) is 0. The van der Waals surface area contributed by atoms with E-state index in [1.165, 1.54) is 0 Å². The highest BCUT2D eigenvalue weighted by molar-refractivity contribution is 6.16. The van der Waals surface area contributed by atoms with Gasteiger partial charge >= 0.3 is 6.01 Å². The molecule has 0 bridgehead atoms. The fourth-order valence-electron chi connectivity index (χ4n) is 1.85. The van der Waals surface area contributed by atoms with Crippen molar-refractivity contribution in [3.63, 3.8) is 0 Å². The third-order valence-corrected chi connectivity index (χ3v) is 3.00. The lowest BCUT2D eigenvalue weighted by Gasteiger charge is -2.25. The molecular weight excluding hydrogens is 230 g/mol. The van der Waals surface area contributed by atoms with E-state index < -0.39 is 0 Å². The first kappa shape index (κ1) is 11.7. The number of rotatable bonds is 4. The van der Waals surface area contributed by atoms with Crippen LogP contribution < -0.4 is 4.90 Å². The lowest BCUT2D eigenvalue weighted by atomic mass is 10.0. The Hall–Kier alpha value is -0.810. The van der Waals surface area contributed by atoms with Crippen molar-refractivity contribution >= 4 is 17.6 Å². The first-order valence-electron chi connectivity index (χ1n) is 5.47. The molecule has 1 aliphatic heterocycles. The molecule has 6 heteroatoms. The smallest absolute Gasteiger partial charge is 0.317 e. The van der Waals surface area contributed by atoms with Gasteiger partial charge in [0.15, 0.2) is 0 Å². The predicted molar refractivity (Wildman–Crippen MR) is 60.7 cm³/mol. The Balaban J connectivity index is 1.88. The van der Waals surface area contributed by atoms with Crippen LogP contribution in [-0.4, -0.2) is 37.0 Å². The minimum atomic E-state index is 0.262. The van der Waals surface area contributed by atoms with E-state index in [9.17, 15) is 0 Å². The third kappa shape index (κ3) is 2.86. The highest BCUT2D eigenvalue weighted by Crippen LogP contribution is 2.19. The Kier molecular flexibility index (Phi) is 4.01. The van der Waals surface area contributed by atoms with Crippen molar-refractivity contribution in [2.45, 2.75) is 18.7 Å². The van der Waals surface area contributed by atoms with Crippen LogP contribution in [0.4, 0.5) is 6.01 Å². The van der Waals surface area contributed by atoms with Crippen LogP contribution in [0.5, 0.6) is 0 Å². The number of aromatic nitrogens is 2. The Bertz CT molecular complexity index is 326. The van der Waals surface area contributed by atoms with Crippen LogP contribution >= 0.6 is 11.6 Å². The molecule has 0 unspecified atom stereocenters. The van der Waals surface area contributed by atoms with E-state index in [1.54, 1.807) is 0 Å². The second kappa shape index (κ2) is 5.50. The van der Waals surface area contributed by atoms with Gasteiger partial charge in [-0.15, -0.1) is 16.7 Å². The molecule has 1 aromatic rings. The summed E-state index contributed by atoms with van der Waals surface area (Å²) >= 11 is 5.61. The van der Waals surface area contributed by atoms with Crippen molar-refractivity contribution in [3.8, 4) is 0 Å². The number of ether oxygens (including phenoxy) is 1. The van der Waals surface area contributed by atoms with Crippen molar-refractivity contribution in [1.82, 2.24) is 10.2 Å². The molecule has 0 atom stereocenters. The fourth-order valence-corrected chi connectivity index (χ4v) is 1.96. The molecule has 90 valence electrons. The monoisotopic (exact) mass is 245 g/mol. The van der Waals surface area contributed by atoms with Gasteiger partial charge < -0.3 is 14.1 Å². The minimum absolute atomic E-state index is 0.262. The molecule has 2 heterocycles. The van der Waals surface area contributed by atoms with Crippen molar-refractivity contribution in [2.24, 2.45) is 5.92 Å². The SMILES string of the molecule is CN(CC1CCOCC1)c1nnc(CCl)o1. The quantitative estimate of drug-likeness (QED) is 0.756. The summed E-state index contributed by atoms with van der Waals surface area (Å²) in [6.45, 7) is 2.64. The topological polar surface area (TPSA) is 51.4 Å². The standard InChI is InChI=1S/C10H16ClN3O2/c1-14(7-8-2-4-15-5-3-8)10-13-12-9(6-11)16-10/h8H,2-7H2,1H3. The summed E-state index contributed by atoms with van der Waals surface area (Å²) in [6.07, 6.45) is 2.20. The largest absolute Gasteiger partial charge is 0.407 e. The van der Waals surface area contributed by atoms with E-state index in [0.717, 1.165) is 32.6 Å².